The lowest BCUT2D eigenvalue weighted by Crippen LogP contribution is -1.98. The van der Waals surface area contributed by atoms with Crippen molar-refractivity contribution in [1.29, 1.82) is 0 Å². The van der Waals surface area contributed by atoms with Crippen LogP contribution in [0.2, 0.25) is 0 Å². The van der Waals surface area contributed by atoms with Gasteiger partial charge in [0.15, 0.2) is 0 Å². The molecule has 3 heteroatoms. The van der Waals surface area contributed by atoms with Gasteiger partial charge in [-0.3, -0.25) is 0 Å². The first-order chi connectivity index (χ1) is 11.6. The number of aryl methyl sites for hydroxylation is 1. The van der Waals surface area contributed by atoms with Crippen LogP contribution >= 0.6 is 31.9 Å². The van der Waals surface area contributed by atoms with E-state index in [2.05, 4.69) is 82.1 Å². The van der Waals surface area contributed by atoms with Gasteiger partial charge in [-0.15, -0.1) is 0 Å². The molecule has 0 saturated heterocycles. The number of hydrogen-bond donors (Lipinski definition) is 0. The summed E-state index contributed by atoms with van der Waals surface area (Å²) in [6, 6.07) is 12.8. The van der Waals surface area contributed by atoms with Crippen LogP contribution in [0.3, 0.4) is 0 Å². The van der Waals surface area contributed by atoms with Crippen molar-refractivity contribution in [2.75, 3.05) is 6.61 Å². The van der Waals surface area contributed by atoms with Crippen LogP contribution in [0.25, 0.3) is 11.1 Å². The maximum atomic E-state index is 6.00. The van der Waals surface area contributed by atoms with Crippen LogP contribution in [-0.2, 0) is 0 Å². The van der Waals surface area contributed by atoms with E-state index in [1.54, 1.807) is 0 Å². The maximum absolute atomic E-state index is 6.00. The van der Waals surface area contributed by atoms with Crippen molar-refractivity contribution in [1.82, 2.24) is 0 Å². The number of benzene rings is 2. The van der Waals surface area contributed by atoms with E-state index in [-0.39, 0.29) is 0 Å². The van der Waals surface area contributed by atoms with Crippen LogP contribution in [0, 0.1) is 6.92 Å². The lowest BCUT2D eigenvalue weighted by molar-refractivity contribution is 0.302. The Hall–Kier alpha value is -0.800. The lowest BCUT2D eigenvalue weighted by atomic mass is 10.0. The van der Waals surface area contributed by atoms with E-state index in [0.717, 1.165) is 27.7 Å². The fourth-order valence-corrected chi connectivity index (χ4v) is 3.29. The smallest absolute Gasteiger partial charge is 0.134 e. The molecule has 0 amide bonds. The molecule has 0 aliphatic heterocycles. The van der Waals surface area contributed by atoms with Crippen LogP contribution in [0.5, 0.6) is 5.75 Å². The van der Waals surface area contributed by atoms with Crippen LogP contribution in [0.4, 0.5) is 0 Å². The van der Waals surface area contributed by atoms with E-state index in [1.165, 1.54) is 48.8 Å². The Morgan fingerprint density at radius 2 is 1.42 bits per heavy atom. The van der Waals surface area contributed by atoms with Gasteiger partial charge in [-0.1, -0.05) is 73.2 Å². The second-order valence-corrected chi connectivity index (χ2v) is 7.93. The van der Waals surface area contributed by atoms with Gasteiger partial charge in [0.2, 0.25) is 0 Å². The summed E-state index contributed by atoms with van der Waals surface area (Å²) in [7, 11) is 0. The van der Waals surface area contributed by atoms with Gasteiger partial charge in [0, 0.05) is 4.47 Å². The quantitative estimate of drug-likeness (QED) is 0.350. The van der Waals surface area contributed by atoms with Crippen LogP contribution in [-0.4, -0.2) is 6.61 Å². The standard InChI is InChI=1S/C21H26Br2O/c1-3-4-5-6-7-8-13-24-21-15-18(10-12-20(21)23)17-9-11-19(22)16(2)14-17/h9-12,14-15H,3-8,13H2,1-2H3. The normalized spacial score (nSPS) is 10.8. The Balaban J connectivity index is 1.94. The molecule has 0 spiro atoms. The van der Waals surface area contributed by atoms with Crippen molar-refractivity contribution >= 4 is 31.9 Å². The van der Waals surface area contributed by atoms with Crippen LogP contribution in [0.1, 0.15) is 51.0 Å². The van der Waals surface area contributed by atoms with E-state index in [1.807, 2.05) is 0 Å². The molecular formula is C21H26Br2O. The number of ether oxygens (including phenoxy) is 1. The van der Waals surface area contributed by atoms with E-state index in [9.17, 15) is 0 Å². The molecule has 130 valence electrons. The molecule has 0 aliphatic carbocycles. The third-order valence-electron chi connectivity index (χ3n) is 4.18. The highest BCUT2D eigenvalue weighted by atomic mass is 79.9. The monoisotopic (exact) mass is 452 g/mol. The highest BCUT2D eigenvalue weighted by Gasteiger charge is 2.06. The second kappa shape index (κ2) is 10.2. The van der Waals surface area contributed by atoms with Gasteiger partial charge in [-0.05, 0) is 64.2 Å². The number of hydrogen-bond acceptors (Lipinski definition) is 1. The molecule has 2 aromatic carbocycles. The molecule has 2 aromatic rings. The van der Waals surface area contributed by atoms with Crippen molar-refractivity contribution in [3.63, 3.8) is 0 Å². The maximum Gasteiger partial charge on any atom is 0.134 e. The largest absolute Gasteiger partial charge is 0.492 e. The molecule has 2 rings (SSSR count). The van der Waals surface area contributed by atoms with E-state index in [4.69, 9.17) is 4.74 Å². The van der Waals surface area contributed by atoms with E-state index in [0.29, 0.717) is 0 Å². The molecule has 0 fully saturated rings. The second-order valence-electron chi connectivity index (χ2n) is 6.23. The number of unbranched alkanes of at least 4 members (excludes halogenated alkanes) is 5. The Morgan fingerprint density at radius 3 is 2.12 bits per heavy atom. The topological polar surface area (TPSA) is 9.23 Å². The van der Waals surface area contributed by atoms with Gasteiger partial charge in [0.1, 0.15) is 5.75 Å². The minimum Gasteiger partial charge on any atom is -0.492 e. The zero-order chi connectivity index (χ0) is 17.4. The summed E-state index contributed by atoms with van der Waals surface area (Å²) in [6.07, 6.45) is 7.68. The van der Waals surface area contributed by atoms with Crippen molar-refractivity contribution in [2.24, 2.45) is 0 Å². The molecule has 0 heterocycles. The molecule has 0 aliphatic rings. The first kappa shape index (κ1) is 19.5. The molecule has 0 atom stereocenters. The average Bonchev–Trinajstić information content (AvgIpc) is 2.58. The Kier molecular flexibility index (Phi) is 8.34. The van der Waals surface area contributed by atoms with Crippen molar-refractivity contribution in [2.45, 2.75) is 52.4 Å². The third kappa shape index (κ3) is 5.93. The van der Waals surface area contributed by atoms with Gasteiger partial charge in [-0.25, -0.2) is 0 Å². The zero-order valence-corrected chi connectivity index (χ0v) is 17.8. The first-order valence-corrected chi connectivity index (χ1v) is 10.4. The van der Waals surface area contributed by atoms with Crippen molar-refractivity contribution in [3.05, 3.63) is 50.9 Å². The fraction of sp³-hybridized carbons (Fsp3) is 0.429. The van der Waals surface area contributed by atoms with E-state index >= 15 is 0 Å². The minimum atomic E-state index is 0.785. The molecule has 0 radical (unpaired) electrons. The summed E-state index contributed by atoms with van der Waals surface area (Å²) in [4.78, 5) is 0. The number of rotatable bonds is 9. The van der Waals surface area contributed by atoms with Crippen LogP contribution < -0.4 is 4.74 Å². The van der Waals surface area contributed by atoms with Gasteiger partial charge >= 0.3 is 0 Å². The van der Waals surface area contributed by atoms with Crippen molar-refractivity contribution in [3.8, 4) is 16.9 Å². The summed E-state index contributed by atoms with van der Waals surface area (Å²) in [5, 5.41) is 0. The van der Waals surface area contributed by atoms with Gasteiger partial charge in [-0.2, -0.15) is 0 Å². The van der Waals surface area contributed by atoms with Crippen LogP contribution in [0.15, 0.2) is 45.3 Å². The van der Waals surface area contributed by atoms with Gasteiger partial charge < -0.3 is 4.74 Å². The molecule has 0 bridgehead atoms. The molecule has 0 aromatic heterocycles. The summed E-state index contributed by atoms with van der Waals surface area (Å²) >= 11 is 7.16. The summed E-state index contributed by atoms with van der Waals surface area (Å²) in [6.45, 7) is 5.15. The molecule has 24 heavy (non-hydrogen) atoms. The van der Waals surface area contributed by atoms with Gasteiger partial charge in [0.05, 0.1) is 11.1 Å². The number of halogens is 2. The average molecular weight is 454 g/mol. The SMILES string of the molecule is CCCCCCCCOc1cc(-c2ccc(Br)c(C)c2)ccc1Br. The summed E-state index contributed by atoms with van der Waals surface area (Å²) < 4.78 is 8.16. The summed E-state index contributed by atoms with van der Waals surface area (Å²) in [5.74, 6) is 0.932. The predicted octanol–water partition coefficient (Wildman–Crippen LogP) is 7.93. The summed E-state index contributed by atoms with van der Waals surface area (Å²) in [5.41, 5.74) is 3.64. The van der Waals surface area contributed by atoms with Crippen molar-refractivity contribution < 1.29 is 4.74 Å². The predicted molar refractivity (Wildman–Crippen MR) is 111 cm³/mol. The highest BCUT2D eigenvalue weighted by molar-refractivity contribution is 9.10. The minimum absolute atomic E-state index is 0.785. The molecule has 1 nitrogen and oxygen atoms in total. The molecule has 0 saturated carbocycles. The highest BCUT2D eigenvalue weighted by Crippen LogP contribution is 2.32. The molecule has 0 unspecified atom stereocenters. The first-order valence-electron chi connectivity index (χ1n) is 8.80. The Bertz CT molecular complexity index is 652. The molecular weight excluding hydrogens is 428 g/mol. The Labute approximate surface area is 163 Å². The Morgan fingerprint density at radius 1 is 0.792 bits per heavy atom. The fourth-order valence-electron chi connectivity index (χ4n) is 2.68. The third-order valence-corrected chi connectivity index (χ3v) is 5.72. The van der Waals surface area contributed by atoms with E-state index < -0.39 is 0 Å². The lowest BCUT2D eigenvalue weighted by Gasteiger charge is -2.11. The zero-order valence-electron chi connectivity index (χ0n) is 14.6. The van der Waals surface area contributed by atoms with Gasteiger partial charge in [0.25, 0.3) is 0 Å². The molecule has 0 N–H and O–H groups in total.